The van der Waals surface area contributed by atoms with Crippen molar-refractivity contribution in [1.82, 2.24) is 9.88 Å². The number of likely N-dealkylation sites (tertiary alicyclic amines) is 1. The average molecular weight is 359 g/mol. The summed E-state index contributed by atoms with van der Waals surface area (Å²) in [5, 5.41) is 2.44. The first-order valence-electron chi connectivity index (χ1n) is 7.81. The summed E-state index contributed by atoms with van der Waals surface area (Å²) in [5.74, 6) is -0.510. The van der Waals surface area contributed by atoms with Gasteiger partial charge < -0.3 is 10.1 Å². The maximum absolute atomic E-state index is 12.5. The Morgan fingerprint density at radius 3 is 2.48 bits per heavy atom. The highest BCUT2D eigenvalue weighted by atomic mass is 19.4. The monoisotopic (exact) mass is 359 g/mol. The van der Waals surface area contributed by atoms with E-state index in [1.807, 2.05) is 0 Å². The van der Waals surface area contributed by atoms with E-state index in [1.165, 1.54) is 4.90 Å². The molecule has 2 amide bonds. The number of pyridine rings is 1. The number of amides is 2. The van der Waals surface area contributed by atoms with Gasteiger partial charge in [0.2, 0.25) is 5.91 Å². The van der Waals surface area contributed by atoms with E-state index in [1.54, 1.807) is 20.8 Å². The van der Waals surface area contributed by atoms with Crippen molar-refractivity contribution in [2.45, 2.75) is 51.4 Å². The molecule has 1 aliphatic heterocycles. The number of nitrogens with one attached hydrogen (secondary N) is 1. The van der Waals surface area contributed by atoms with Crippen molar-refractivity contribution in [2.24, 2.45) is 0 Å². The number of anilines is 1. The molecule has 0 aromatic carbocycles. The van der Waals surface area contributed by atoms with Gasteiger partial charge in [-0.15, -0.1) is 0 Å². The first kappa shape index (κ1) is 19.0. The summed E-state index contributed by atoms with van der Waals surface area (Å²) in [5.41, 5.74) is -1.59. The minimum Gasteiger partial charge on any atom is -0.444 e. The van der Waals surface area contributed by atoms with E-state index in [9.17, 15) is 22.8 Å². The number of alkyl halides is 3. The van der Waals surface area contributed by atoms with Crippen LogP contribution in [0.15, 0.2) is 18.3 Å². The van der Waals surface area contributed by atoms with Crippen LogP contribution in [-0.4, -0.2) is 40.1 Å². The predicted molar refractivity (Wildman–Crippen MR) is 83.8 cm³/mol. The van der Waals surface area contributed by atoms with Crippen LogP contribution in [0.1, 0.15) is 39.2 Å². The zero-order chi connectivity index (χ0) is 18.8. The maximum atomic E-state index is 12.5. The Labute approximate surface area is 143 Å². The molecule has 138 valence electrons. The van der Waals surface area contributed by atoms with Gasteiger partial charge in [-0.1, -0.05) is 0 Å². The molecule has 0 aliphatic carbocycles. The lowest BCUT2D eigenvalue weighted by atomic mass is 10.2. The van der Waals surface area contributed by atoms with Crippen LogP contribution in [-0.2, 0) is 15.7 Å². The largest absolute Gasteiger partial charge is 0.444 e. The van der Waals surface area contributed by atoms with Gasteiger partial charge in [0, 0.05) is 12.7 Å². The van der Waals surface area contributed by atoms with Crippen LogP contribution in [0.3, 0.4) is 0 Å². The molecule has 1 aromatic rings. The van der Waals surface area contributed by atoms with Crippen LogP contribution in [0.25, 0.3) is 0 Å². The summed E-state index contributed by atoms with van der Waals surface area (Å²) in [4.78, 5) is 29.4. The van der Waals surface area contributed by atoms with E-state index in [2.05, 4.69) is 10.3 Å². The van der Waals surface area contributed by atoms with Gasteiger partial charge in [0.05, 0.1) is 5.56 Å². The van der Waals surface area contributed by atoms with Crippen LogP contribution >= 0.6 is 0 Å². The second-order valence-electron chi connectivity index (χ2n) is 6.75. The molecule has 25 heavy (non-hydrogen) atoms. The van der Waals surface area contributed by atoms with Crippen LogP contribution in [0.5, 0.6) is 0 Å². The molecule has 0 spiro atoms. The summed E-state index contributed by atoms with van der Waals surface area (Å²) in [7, 11) is 0. The Hall–Kier alpha value is -2.32. The second-order valence-corrected chi connectivity index (χ2v) is 6.75. The van der Waals surface area contributed by atoms with Gasteiger partial charge in [0.25, 0.3) is 0 Å². The highest BCUT2D eigenvalue weighted by Crippen LogP contribution is 2.29. The summed E-state index contributed by atoms with van der Waals surface area (Å²) in [6, 6.07) is 1.18. The Morgan fingerprint density at radius 1 is 1.28 bits per heavy atom. The number of carbonyl (C=O) groups excluding carboxylic acids is 2. The van der Waals surface area contributed by atoms with Crippen molar-refractivity contribution in [3.05, 3.63) is 23.9 Å². The van der Waals surface area contributed by atoms with Gasteiger partial charge in [-0.2, -0.15) is 13.2 Å². The summed E-state index contributed by atoms with van der Waals surface area (Å²) in [6.07, 6.45) is -3.35. The normalized spacial score (nSPS) is 18.2. The van der Waals surface area contributed by atoms with Gasteiger partial charge in [-0.3, -0.25) is 9.69 Å². The fraction of sp³-hybridized carbons (Fsp3) is 0.562. The van der Waals surface area contributed by atoms with Crippen LogP contribution in [0.4, 0.5) is 23.8 Å². The number of nitrogens with zero attached hydrogens (tertiary/aromatic N) is 2. The number of rotatable bonds is 2. The van der Waals surface area contributed by atoms with E-state index >= 15 is 0 Å². The lowest BCUT2D eigenvalue weighted by Gasteiger charge is -2.27. The molecule has 1 saturated heterocycles. The van der Waals surface area contributed by atoms with E-state index in [0.29, 0.717) is 25.6 Å². The molecular weight excluding hydrogens is 339 g/mol. The van der Waals surface area contributed by atoms with E-state index < -0.39 is 35.4 Å². The lowest BCUT2D eigenvalue weighted by Crippen LogP contribution is -2.45. The van der Waals surface area contributed by atoms with Gasteiger partial charge in [0.1, 0.15) is 17.5 Å². The highest BCUT2D eigenvalue weighted by Gasteiger charge is 2.37. The fourth-order valence-electron chi connectivity index (χ4n) is 2.42. The fourth-order valence-corrected chi connectivity index (χ4v) is 2.42. The number of aromatic nitrogens is 1. The van der Waals surface area contributed by atoms with Crippen molar-refractivity contribution >= 4 is 17.8 Å². The predicted octanol–water partition coefficient (Wildman–Crippen LogP) is 3.44. The minimum atomic E-state index is -4.49. The van der Waals surface area contributed by atoms with E-state index in [-0.39, 0.29) is 5.82 Å². The molecular formula is C16H20F3N3O3. The van der Waals surface area contributed by atoms with Gasteiger partial charge in [-0.25, -0.2) is 9.78 Å². The molecule has 1 aliphatic rings. The van der Waals surface area contributed by atoms with Crippen LogP contribution in [0, 0.1) is 0 Å². The number of hydrogen-bond acceptors (Lipinski definition) is 4. The minimum absolute atomic E-state index is 0.00552. The highest BCUT2D eigenvalue weighted by molar-refractivity contribution is 5.96. The standard InChI is InChI=1S/C16H20F3N3O3/c1-15(2,3)25-14(24)22-8-4-5-11(22)13(23)21-12-7-6-10(9-20-12)16(17,18)19/h6-7,9,11H,4-5,8H2,1-3H3,(H,20,21,23). The molecule has 1 unspecified atom stereocenters. The zero-order valence-corrected chi connectivity index (χ0v) is 14.2. The van der Waals surface area contributed by atoms with E-state index in [0.717, 1.165) is 12.1 Å². The maximum Gasteiger partial charge on any atom is 0.417 e. The smallest absolute Gasteiger partial charge is 0.417 e. The van der Waals surface area contributed by atoms with Gasteiger partial charge in [-0.05, 0) is 45.7 Å². The number of carbonyl (C=O) groups is 2. The lowest BCUT2D eigenvalue weighted by molar-refractivity contribution is -0.137. The zero-order valence-electron chi connectivity index (χ0n) is 14.2. The molecule has 6 nitrogen and oxygen atoms in total. The molecule has 1 atom stereocenters. The molecule has 0 bridgehead atoms. The SMILES string of the molecule is CC(C)(C)OC(=O)N1CCCC1C(=O)Nc1ccc(C(F)(F)F)cn1. The molecule has 1 aromatic heterocycles. The molecule has 1 N–H and O–H groups in total. The van der Waals surface area contributed by atoms with Crippen molar-refractivity contribution in [2.75, 3.05) is 11.9 Å². The topological polar surface area (TPSA) is 71.5 Å². The molecule has 0 radical (unpaired) electrons. The first-order valence-corrected chi connectivity index (χ1v) is 7.81. The number of hydrogen-bond donors (Lipinski definition) is 1. The Kier molecular flexibility index (Phi) is 5.24. The number of ether oxygens (including phenoxy) is 1. The Balaban J connectivity index is 2.03. The van der Waals surface area contributed by atoms with Crippen LogP contribution < -0.4 is 5.32 Å². The third kappa shape index (κ3) is 5.07. The summed E-state index contributed by atoms with van der Waals surface area (Å²) >= 11 is 0. The van der Waals surface area contributed by atoms with Crippen molar-refractivity contribution < 1.29 is 27.5 Å². The third-order valence-electron chi connectivity index (χ3n) is 3.53. The molecule has 2 heterocycles. The molecule has 2 rings (SSSR count). The van der Waals surface area contributed by atoms with Crippen LogP contribution in [0.2, 0.25) is 0 Å². The average Bonchev–Trinajstić information content (AvgIpc) is 2.94. The second kappa shape index (κ2) is 6.89. The third-order valence-corrected chi connectivity index (χ3v) is 3.53. The van der Waals surface area contributed by atoms with Crippen molar-refractivity contribution in [3.8, 4) is 0 Å². The van der Waals surface area contributed by atoms with Gasteiger partial charge >= 0.3 is 12.3 Å². The quantitative estimate of drug-likeness (QED) is 0.878. The summed E-state index contributed by atoms with van der Waals surface area (Å²) < 4.78 is 42.8. The van der Waals surface area contributed by atoms with Crippen molar-refractivity contribution in [3.63, 3.8) is 0 Å². The number of halogens is 3. The van der Waals surface area contributed by atoms with E-state index in [4.69, 9.17) is 4.74 Å². The van der Waals surface area contributed by atoms with Crippen molar-refractivity contribution in [1.29, 1.82) is 0 Å². The summed E-state index contributed by atoms with van der Waals surface area (Å²) in [6.45, 7) is 5.56. The first-order chi connectivity index (χ1) is 11.5. The van der Waals surface area contributed by atoms with Gasteiger partial charge in [0.15, 0.2) is 0 Å². The molecule has 1 fully saturated rings. The Bertz CT molecular complexity index is 639. The Morgan fingerprint density at radius 2 is 1.96 bits per heavy atom. The molecule has 9 heteroatoms. The molecule has 0 saturated carbocycles.